The average Bonchev–Trinajstić information content (AvgIpc) is 2.99. The van der Waals surface area contributed by atoms with Crippen molar-refractivity contribution in [2.24, 2.45) is 5.92 Å². The predicted molar refractivity (Wildman–Crippen MR) is 144 cm³/mol. The van der Waals surface area contributed by atoms with E-state index in [9.17, 15) is 14.7 Å². The van der Waals surface area contributed by atoms with Crippen molar-refractivity contribution < 1.29 is 33.6 Å². The number of methoxy groups -OCH3 is 1. The van der Waals surface area contributed by atoms with Gasteiger partial charge < -0.3 is 29.4 Å². The van der Waals surface area contributed by atoms with Crippen molar-refractivity contribution in [2.75, 3.05) is 20.3 Å². The van der Waals surface area contributed by atoms with E-state index in [0.717, 1.165) is 16.7 Å². The highest BCUT2D eigenvalue weighted by atomic mass is 16.6. The van der Waals surface area contributed by atoms with Crippen LogP contribution in [0.4, 0.5) is 0 Å². The van der Waals surface area contributed by atoms with E-state index in [1.165, 1.54) is 26.3 Å². The average molecular weight is 535 g/mol. The summed E-state index contributed by atoms with van der Waals surface area (Å²) in [6, 6.07) is 19.1. The number of pyridine rings is 1. The van der Waals surface area contributed by atoms with Gasteiger partial charge in [-0.3, -0.25) is 9.59 Å². The molecule has 4 rings (SSSR count). The number of aliphatic hydroxyl groups excluding tert-OH is 1. The molecule has 9 nitrogen and oxygen atoms in total. The summed E-state index contributed by atoms with van der Waals surface area (Å²) >= 11 is 0. The van der Waals surface area contributed by atoms with E-state index >= 15 is 0 Å². The Labute approximate surface area is 228 Å². The van der Waals surface area contributed by atoms with E-state index in [4.69, 9.17) is 18.9 Å². The van der Waals surface area contributed by atoms with Gasteiger partial charge >= 0.3 is 5.97 Å². The van der Waals surface area contributed by atoms with E-state index in [0.29, 0.717) is 26.1 Å². The second-order valence-electron chi connectivity index (χ2n) is 9.45. The van der Waals surface area contributed by atoms with Crippen molar-refractivity contribution in [3.8, 4) is 22.6 Å². The van der Waals surface area contributed by atoms with Crippen LogP contribution in [-0.4, -0.2) is 60.7 Å². The minimum absolute atomic E-state index is 0.0328. The number of carbonyl (C=O) groups excluding carboxylic acids is 2. The molecule has 1 aliphatic heterocycles. The number of esters is 1. The van der Waals surface area contributed by atoms with Gasteiger partial charge in [0.15, 0.2) is 17.7 Å². The normalized spacial score (nSPS) is 21.6. The van der Waals surface area contributed by atoms with Crippen LogP contribution >= 0.6 is 0 Å². The van der Waals surface area contributed by atoms with E-state index in [-0.39, 0.29) is 29.2 Å². The number of nitrogens with one attached hydrogen (secondary N) is 1. The molecule has 9 heteroatoms. The number of benzene rings is 2. The summed E-state index contributed by atoms with van der Waals surface area (Å²) < 4.78 is 22.4. The Balaban J connectivity index is 1.48. The first-order valence-electron chi connectivity index (χ1n) is 12.9. The quantitative estimate of drug-likeness (QED) is 0.440. The number of ether oxygens (including phenoxy) is 4. The number of hydrogen-bond acceptors (Lipinski definition) is 8. The molecule has 0 spiro atoms. The molecule has 2 heterocycles. The lowest BCUT2D eigenvalue weighted by atomic mass is 9.90. The lowest BCUT2D eigenvalue weighted by Crippen LogP contribution is -2.46. The molecule has 206 valence electrons. The highest BCUT2D eigenvalue weighted by molar-refractivity contribution is 5.96. The Hall–Kier alpha value is -3.79. The number of nitrogens with zero attached hydrogens (tertiary/aromatic N) is 1. The Morgan fingerprint density at radius 1 is 1.10 bits per heavy atom. The predicted octanol–water partition coefficient (Wildman–Crippen LogP) is 3.78. The summed E-state index contributed by atoms with van der Waals surface area (Å²) in [6.45, 7) is 3.86. The Kier molecular flexibility index (Phi) is 9.64. The molecule has 0 saturated carbocycles. The first-order chi connectivity index (χ1) is 18.9. The van der Waals surface area contributed by atoms with Gasteiger partial charge in [0.05, 0.1) is 25.9 Å². The van der Waals surface area contributed by atoms with Crippen molar-refractivity contribution in [2.45, 2.75) is 45.1 Å². The molecule has 1 amide bonds. The van der Waals surface area contributed by atoms with E-state index in [1.54, 1.807) is 0 Å². The molecule has 1 saturated heterocycles. The molecular formula is C30H34N2O7. The van der Waals surface area contributed by atoms with Gasteiger partial charge in [0, 0.05) is 31.7 Å². The van der Waals surface area contributed by atoms with Crippen LogP contribution < -0.4 is 14.8 Å². The molecule has 2 N–H and O–H groups in total. The van der Waals surface area contributed by atoms with Crippen LogP contribution in [0.1, 0.15) is 36.3 Å². The van der Waals surface area contributed by atoms with Gasteiger partial charge in [0.2, 0.25) is 5.75 Å². The van der Waals surface area contributed by atoms with Gasteiger partial charge in [-0.05, 0) is 36.5 Å². The maximum atomic E-state index is 13.1. The molecule has 1 aromatic heterocycles. The van der Waals surface area contributed by atoms with Crippen LogP contribution in [0, 0.1) is 5.92 Å². The summed E-state index contributed by atoms with van der Waals surface area (Å²) in [7, 11) is 1.40. The third-order valence-corrected chi connectivity index (χ3v) is 6.72. The fourth-order valence-corrected chi connectivity index (χ4v) is 4.63. The summed E-state index contributed by atoms with van der Waals surface area (Å²) in [5.41, 5.74) is 3.30. The molecule has 0 bridgehead atoms. The SMILES string of the molecule is COc1ccnc(C(=O)N[C@H]2CCOC[C@@H](Cc3ccccc3-c3ccccc3)[C@H](C)OC2O)c1OC(C)=O. The van der Waals surface area contributed by atoms with Gasteiger partial charge in [0.25, 0.3) is 5.91 Å². The van der Waals surface area contributed by atoms with Crippen molar-refractivity contribution >= 4 is 11.9 Å². The molecule has 0 radical (unpaired) electrons. The second kappa shape index (κ2) is 13.3. The zero-order chi connectivity index (χ0) is 27.8. The summed E-state index contributed by atoms with van der Waals surface area (Å²) in [6.07, 6.45) is 0.711. The third-order valence-electron chi connectivity index (χ3n) is 6.72. The lowest BCUT2D eigenvalue weighted by molar-refractivity contribution is -0.158. The standard InChI is InChI=1S/C30H34N2O7/c1-19-23(17-22-11-7-8-12-24(22)21-9-5-4-6-10-21)18-37-16-14-25(30(35)38-19)32-29(34)27-28(39-20(2)33)26(36-3)13-15-31-27/h4-13,15,19,23,25,30,35H,14,16-18H2,1-3H3,(H,32,34)/t19-,23+,25-,30?/m0/s1. The van der Waals surface area contributed by atoms with E-state index < -0.39 is 24.2 Å². The Morgan fingerprint density at radius 2 is 1.85 bits per heavy atom. The van der Waals surface area contributed by atoms with Crippen LogP contribution in [0.5, 0.6) is 11.5 Å². The Bertz CT molecular complexity index is 1270. The molecular weight excluding hydrogens is 500 g/mol. The number of aromatic nitrogens is 1. The van der Waals surface area contributed by atoms with Gasteiger partial charge in [-0.2, -0.15) is 0 Å². The van der Waals surface area contributed by atoms with Gasteiger partial charge in [0.1, 0.15) is 0 Å². The molecule has 39 heavy (non-hydrogen) atoms. The van der Waals surface area contributed by atoms with Crippen LogP contribution in [0.25, 0.3) is 11.1 Å². The van der Waals surface area contributed by atoms with Gasteiger partial charge in [-0.15, -0.1) is 0 Å². The van der Waals surface area contributed by atoms with Crippen LogP contribution in [0.3, 0.4) is 0 Å². The van der Waals surface area contributed by atoms with Gasteiger partial charge in [-0.1, -0.05) is 54.6 Å². The molecule has 0 aliphatic carbocycles. The highest BCUT2D eigenvalue weighted by Crippen LogP contribution is 2.31. The maximum absolute atomic E-state index is 13.1. The lowest BCUT2D eigenvalue weighted by Gasteiger charge is -2.28. The van der Waals surface area contributed by atoms with Crippen LogP contribution in [0.2, 0.25) is 0 Å². The number of amides is 1. The minimum atomic E-state index is -1.29. The summed E-state index contributed by atoms with van der Waals surface area (Å²) in [4.78, 5) is 28.8. The number of aliphatic hydroxyl groups is 1. The largest absolute Gasteiger partial charge is 0.493 e. The minimum Gasteiger partial charge on any atom is -0.493 e. The summed E-state index contributed by atoms with van der Waals surface area (Å²) in [5, 5.41) is 13.7. The van der Waals surface area contributed by atoms with Crippen molar-refractivity contribution in [1.29, 1.82) is 0 Å². The topological polar surface area (TPSA) is 116 Å². The van der Waals surface area contributed by atoms with E-state index in [1.807, 2.05) is 37.3 Å². The molecule has 3 aromatic rings. The first kappa shape index (κ1) is 28.2. The van der Waals surface area contributed by atoms with Crippen LogP contribution in [-0.2, 0) is 20.7 Å². The zero-order valence-corrected chi connectivity index (χ0v) is 22.3. The fraction of sp³-hybridized carbons (Fsp3) is 0.367. The van der Waals surface area contributed by atoms with Crippen LogP contribution in [0.15, 0.2) is 66.9 Å². The van der Waals surface area contributed by atoms with Crippen molar-refractivity contribution in [3.63, 3.8) is 0 Å². The monoisotopic (exact) mass is 534 g/mol. The smallest absolute Gasteiger partial charge is 0.308 e. The fourth-order valence-electron chi connectivity index (χ4n) is 4.63. The van der Waals surface area contributed by atoms with Crippen molar-refractivity contribution in [3.05, 3.63) is 78.1 Å². The molecule has 2 aromatic carbocycles. The summed E-state index contributed by atoms with van der Waals surface area (Å²) in [5.74, 6) is -1.20. The molecule has 4 atom stereocenters. The number of rotatable bonds is 7. The zero-order valence-electron chi connectivity index (χ0n) is 22.3. The molecule has 1 aliphatic rings. The first-order valence-corrected chi connectivity index (χ1v) is 12.9. The second-order valence-corrected chi connectivity index (χ2v) is 9.45. The number of carbonyl (C=O) groups is 2. The Morgan fingerprint density at radius 3 is 2.59 bits per heavy atom. The van der Waals surface area contributed by atoms with Gasteiger partial charge in [-0.25, -0.2) is 4.98 Å². The molecule has 1 fully saturated rings. The number of hydrogen-bond donors (Lipinski definition) is 2. The third kappa shape index (κ3) is 7.20. The molecule has 1 unspecified atom stereocenters. The van der Waals surface area contributed by atoms with Crippen molar-refractivity contribution in [1.82, 2.24) is 10.3 Å². The highest BCUT2D eigenvalue weighted by Gasteiger charge is 2.31. The maximum Gasteiger partial charge on any atom is 0.308 e. The van der Waals surface area contributed by atoms with E-state index in [2.05, 4.69) is 34.6 Å².